The zero-order chi connectivity index (χ0) is 23.4. The van der Waals surface area contributed by atoms with E-state index < -0.39 is 0 Å². The summed E-state index contributed by atoms with van der Waals surface area (Å²) < 4.78 is 5.99. The van der Waals surface area contributed by atoms with Crippen LogP contribution < -0.4 is 10.6 Å². The quantitative estimate of drug-likeness (QED) is 0.587. The number of aromatic nitrogens is 2. The summed E-state index contributed by atoms with van der Waals surface area (Å²) in [7, 11) is 0. The summed E-state index contributed by atoms with van der Waals surface area (Å²) in [5.41, 5.74) is 5.62. The molecule has 33 heavy (non-hydrogen) atoms. The van der Waals surface area contributed by atoms with Gasteiger partial charge in [-0.05, 0) is 49.9 Å². The Bertz CT molecular complexity index is 1180. The number of hydrogen-bond acceptors (Lipinski definition) is 5. The number of carbonyl (C=O) groups excluding carboxylic acids is 2. The van der Waals surface area contributed by atoms with Gasteiger partial charge < -0.3 is 15.4 Å². The molecule has 2 N–H and O–H groups in total. The Balaban J connectivity index is 1.56. The maximum absolute atomic E-state index is 13.1. The van der Waals surface area contributed by atoms with Crippen molar-refractivity contribution in [3.63, 3.8) is 0 Å². The van der Waals surface area contributed by atoms with Gasteiger partial charge in [0.25, 0.3) is 5.91 Å². The minimum atomic E-state index is -0.210. The van der Waals surface area contributed by atoms with Gasteiger partial charge in [-0.2, -0.15) is 0 Å². The van der Waals surface area contributed by atoms with Crippen LogP contribution in [0.15, 0.2) is 42.5 Å². The summed E-state index contributed by atoms with van der Waals surface area (Å²) in [6.07, 6.45) is 2.88. The fourth-order valence-electron chi connectivity index (χ4n) is 4.35. The van der Waals surface area contributed by atoms with Crippen molar-refractivity contribution in [1.29, 1.82) is 0 Å². The lowest BCUT2D eigenvalue weighted by Crippen LogP contribution is -2.38. The largest absolute Gasteiger partial charge is 0.373 e. The van der Waals surface area contributed by atoms with Crippen LogP contribution in [0.25, 0.3) is 11.0 Å². The number of aryl methyl sites for hydroxylation is 2. The van der Waals surface area contributed by atoms with Gasteiger partial charge in [0.05, 0.1) is 28.5 Å². The Morgan fingerprint density at radius 1 is 1.03 bits per heavy atom. The van der Waals surface area contributed by atoms with Crippen molar-refractivity contribution in [1.82, 2.24) is 15.3 Å². The maximum atomic E-state index is 13.1. The molecule has 3 aromatic rings. The highest BCUT2D eigenvalue weighted by Gasteiger charge is 2.26. The van der Waals surface area contributed by atoms with Crippen molar-refractivity contribution >= 4 is 28.5 Å². The van der Waals surface area contributed by atoms with Crippen molar-refractivity contribution in [3.05, 3.63) is 65.0 Å². The molecule has 7 nitrogen and oxygen atoms in total. The summed E-state index contributed by atoms with van der Waals surface area (Å²) >= 11 is 0. The number of hydrogen-bond donors (Lipinski definition) is 2. The number of nitrogens with one attached hydrogen (secondary N) is 2. The molecule has 2 heterocycles. The molecule has 172 valence electrons. The Morgan fingerprint density at radius 3 is 2.48 bits per heavy atom. The van der Waals surface area contributed by atoms with Crippen molar-refractivity contribution < 1.29 is 14.3 Å². The van der Waals surface area contributed by atoms with Crippen LogP contribution in [0.4, 0.5) is 5.69 Å². The zero-order valence-electron chi connectivity index (χ0n) is 19.4. The van der Waals surface area contributed by atoms with Gasteiger partial charge in [-0.25, -0.2) is 9.97 Å². The van der Waals surface area contributed by atoms with Crippen LogP contribution in [-0.4, -0.2) is 34.4 Å². The third-order valence-corrected chi connectivity index (χ3v) is 6.00. The summed E-state index contributed by atoms with van der Waals surface area (Å²) in [6.45, 7) is 6.22. The number of para-hydroxylation sites is 1. The first-order valence-corrected chi connectivity index (χ1v) is 11.6. The highest BCUT2D eigenvalue weighted by molar-refractivity contribution is 6.06. The van der Waals surface area contributed by atoms with E-state index in [1.165, 1.54) is 6.92 Å². The van der Waals surface area contributed by atoms with Crippen molar-refractivity contribution in [2.24, 2.45) is 0 Å². The molecule has 0 radical (unpaired) electrons. The van der Waals surface area contributed by atoms with Crippen LogP contribution >= 0.6 is 0 Å². The Hall–Kier alpha value is -3.32. The Labute approximate surface area is 194 Å². The van der Waals surface area contributed by atoms with Gasteiger partial charge in [-0.1, -0.05) is 32.0 Å². The van der Waals surface area contributed by atoms with E-state index in [9.17, 15) is 9.59 Å². The third-order valence-electron chi connectivity index (χ3n) is 6.00. The van der Waals surface area contributed by atoms with Crippen LogP contribution in [0.5, 0.6) is 0 Å². The third kappa shape index (κ3) is 5.20. The van der Waals surface area contributed by atoms with Crippen LogP contribution in [0.3, 0.4) is 0 Å². The number of carbonyl (C=O) groups is 2. The van der Waals surface area contributed by atoms with Crippen molar-refractivity contribution in [2.75, 3.05) is 11.9 Å². The molecule has 4 rings (SSSR count). The van der Waals surface area contributed by atoms with E-state index in [0.717, 1.165) is 47.2 Å². The fourth-order valence-corrected chi connectivity index (χ4v) is 4.35. The SMILES string of the molecule is CCc1nc2ccc(C(=O)Nc3ccccc3[C@@H]3C[C@H](NC(C)=O)CCO3)cc2nc1CC. The first-order chi connectivity index (χ1) is 16.0. The van der Waals surface area contributed by atoms with Gasteiger partial charge in [0.2, 0.25) is 5.91 Å². The van der Waals surface area contributed by atoms with Crippen molar-refractivity contribution in [2.45, 2.75) is 58.6 Å². The van der Waals surface area contributed by atoms with E-state index in [0.29, 0.717) is 24.3 Å². The standard InChI is InChI=1S/C26H30N4O3/c1-4-20-21(5-2)29-24-14-17(10-11-23(24)28-20)26(32)30-22-9-7-6-8-19(22)25-15-18(12-13-33-25)27-16(3)31/h6-11,14,18,25H,4-5,12-13,15H2,1-3H3,(H,27,31)(H,30,32)/t18-,25+/m1/s1. The summed E-state index contributed by atoms with van der Waals surface area (Å²) in [5.74, 6) is -0.253. The molecule has 1 saturated heterocycles. The number of nitrogens with zero attached hydrogens (tertiary/aromatic N) is 2. The molecule has 2 aromatic carbocycles. The lowest BCUT2D eigenvalue weighted by atomic mass is 9.96. The number of amides is 2. The molecule has 2 atom stereocenters. The normalized spacial score (nSPS) is 18.2. The zero-order valence-corrected chi connectivity index (χ0v) is 19.4. The lowest BCUT2D eigenvalue weighted by Gasteiger charge is -2.31. The fraction of sp³-hybridized carbons (Fsp3) is 0.385. The second-order valence-corrected chi connectivity index (χ2v) is 8.35. The summed E-state index contributed by atoms with van der Waals surface area (Å²) in [5, 5.41) is 6.02. The molecule has 0 aliphatic carbocycles. The van der Waals surface area contributed by atoms with E-state index in [-0.39, 0.29) is 24.0 Å². The second-order valence-electron chi connectivity index (χ2n) is 8.35. The minimum absolute atomic E-state index is 0.0427. The second kappa shape index (κ2) is 10.1. The summed E-state index contributed by atoms with van der Waals surface area (Å²) in [6, 6.07) is 13.1. The topological polar surface area (TPSA) is 93.2 Å². The lowest BCUT2D eigenvalue weighted by molar-refractivity contribution is -0.120. The molecular formula is C26H30N4O3. The van der Waals surface area contributed by atoms with Crippen LogP contribution in [0.2, 0.25) is 0 Å². The first-order valence-electron chi connectivity index (χ1n) is 11.6. The molecule has 0 bridgehead atoms. The van der Waals surface area contributed by atoms with Gasteiger partial charge >= 0.3 is 0 Å². The van der Waals surface area contributed by atoms with Gasteiger partial charge in [-0.3, -0.25) is 9.59 Å². The molecule has 0 spiro atoms. The van der Waals surface area contributed by atoms with Gasteiger partial charge in [-0.15, -0.1) is 0 Å². The average molecular weight is 447 g/mol. The number of rotatable bonds is 6. The molecule has 0 saturated carbocycles. The highest BCUT2D eigenvalue weighted by atomic mass is 16.5. The molecule has 1 aliphatic rings. The molecule has 1 aliphatic heterocycles. The number of ether oxygens (including phenoxy) is 1. The molecule has 7 heteroatoms. The minimum Gasteiger partial charge on any atom is -0.373 e. The number of fused-ring (bicyclic) bond motifs is 1. The number of anilines is 1. The Morgan fingerprint density at radius 2 is 1.76 bits per heavy atom. The Kier molecular flexibility index (Phi) is 6.99. The predicted molar refractivity (Wildman–Crippen MR) is 128 cm³/mol. The van der Waals surface area contributed by atoms with Crippen LogP contribution in [0, 0.1) is 0 Å². The first kappa shape index (κ1) is 22.9. The van der Waals surface area contributed by atoms with E-state index in [4.69, 9.17) is 14.7 Å². The molecule has 1 fully saturated rings. The maximum Gasteiger partial charge on any atom is 0.255 e. The molecule has 1 aromatic heterocycles. The smallest absolute Gasteiger partial charge is 0.255 e. The molecule has 2 amide bonds. The molecule has 0 unspecified atom stereocenters. The van der Waals surface area contributed by atoms with Gasteiger partial charge in [0.1, 0.15) is 0 Å². The van der Waals surface area contributed by atoms with Crippen molar-refractivity contribution in [3.8, 4) is 0 Å². The van der Waals surface area contributed by atoms with E-state index >= 15 is 0 Å². The van der Waals surface area contributed by atoms with E-state index in [1.807, 2.05) is 30.3 Å². The van der Waals surface area contributed by atoms with E-state index in [2.05, 4.69) is 24.5 Å². The van der Waals surface area contributed by atoms with Gasteiger partial charge in [0.15, 0.2) is 0 Å². The monoisotopic (exact) mass is 446 g/mol. The molecular weight excluding hydrogens is 416 g/mol. The summed E-state index contributed by atoms with van der Waals surface area (Å²) in [4.78, 5) is 34.0. The van der Waals surface area contributed by atoms with E-state index in [1.54, 1.807) is 12.1 Å². The predicted octanol–water partition coefficient (Wildman–Crippen LogP) is 4.36. The van der Waals surface area contributed by atoms with Crippen LogP contribution in [-0.2, 0) is 22.4 Å². The number of benzene rings is 2. The average Bonchev–Trinajstić information content (AvgIpc) is 2.82. The highest BCUT2D eigenvalue weighted by Crippen LogP contribution is 2.33. The van der Waals surface area contributed by atoms with Gasteiger partial charge in [0, 0.05) is 36.4 Å². The van der Waals surface area contributed by atoms with Crippen LogP contribution in [0.1, 0.15) is 67.0 Å².